The van der Waals surface area contributed by atoms with Crippen LogP contribution in [0.5, 0.6) is 0 Å². The van der Waals surface area contributed by atoms with Crippen molar-refractivity contribution in [2.75, 3.05) is 0 Å². The summed E-state index contributed by atoms with van der Waals surface area (Å²) in [7, 11) is 0. The molecule has 3 unspecified atom stereocenters. The Kier molecular flexibility index (Phi) is 3.44. The molecular weight excluding hydrogens is 309 g/mol. The van der Waals surface area contributed by atoms with E-state index >= 15 is 0 Å². The molecule has 4 aliphatic rings. The molecule has 0 saturated heterocycles. The highest BCUT2D eigenvalue weighted by molar-refractivity contribution is 5.32. The van der Waals surface area contributed by atoms with E-state index < -0.39 is 11.7 Å². The highest BCUT2D eigenvalue weighted by Gasteiger charge is 2.61. The third-order valence-corrected chi connectivity index (χ3v) is 7.40. The average molecular weight is 336 g/mol. The van der Waals surface area contributed by atoms with Gasteiger partial charge in [-0.25, -0.2) is 0 Å². The number of alkyl halides is 3. The molecule has 24 heavy (non-hydrogen) atoms. The van der Waals surface area contributed by atoms with Crippen molar-refractivity contribution in [2.45, 2.75) is 65.0 Å². The Labute approximate surface area is 142 Å². The van der Waals surface area contributed by atoms with Crippen LogP contribution in [0.4, 0.5) is 13.2 Å². The maximum Gasteiger partial charge on any atom is 0.416 e. The minimum absolute atomic E-state index is 0.191. The van der Waals surface area contributed by atoms with Crippen molar-refractivity contribution in [3.8, 4) is 0 Å². The standard InChI is InChI=1S/C21H27F3/c1-19(2,3)20-11-13-8-14(12-20)10-16(9-13)18(20)15-4-6-17(7-5-15)21(22,23)24/h4-7,13-14,16,18H,8-12H2,1-3H3/t13-,14+,16?,18?,20?. The fourth-order valence-electron chi connectivity index (χ4n) is 6.59. The quantitative estimate of drug-likeness (QED) is 0.538. The molecule has 0 N–H and O–H groups in total. The molecule has 5 atom stereocenters. The Morgan fingerprint density at radius 3 is 1.88 bits per heavy atom. The lowest BCUT2D eigenvalue weighted by Gasteiger charge is -2.66. The van der Waals surface area contributed by atoms with E-state index in [1.807, 2.05) is 0 Å². The van der Waals surface area contributed by atoms with Gasteiger partial charge in [0.25, 0.3) is 0 Å². The van der Waals surface area contributed by atoms with E-state index in [-0.39, 0.29) is 10.8 Å². The summed E-state index contributed by atoms with van der Waals surface area (Å²) in [5, 5.41) is 0. The van der Waals surface area contributed by atoms with Crippen LogP contribution in [0.1, 0.15) is 69.9 Å². The number of halogens is 3. The van der Waals surface area contributed by atoms with Crippen LogP contribution in [0, 0.1) is 28.6 Å². The fraction of sp³-hybridized carbons (Fsp3) is 0.714. The molecule has 0 nitrogen and oxygen atoms in total. The zero-order valence-corrected chi connectivity index (χ0v) is 14.8. The number of rotatable bonds is 1. The first kappa shape index (κ1) is 16.5. The second-order valence-electron chi connectivity index (χ2n) is 9.61. The van der Waals surface area contributed by atoms with E-state index in [2.05, 4.69) is 20.8 Å². The predicted octanol–water partition coefficient (Wildman–Crippen LogP) is 6.66. The zero-order chi connectivity index (χ0) is 17.3. The lowest BCUT2D eigenvalue weighted by Crippen LogP contribution is -2.56. The molecule has 0 heterocycles. The number of hydrogen-bond acceptors (Lipinski definition) is 0. The van der Waals surface area contributed by atoms with E-state index in [0.717, 1.165) is 17.4 Å². The lowest BCUT2D eigenvalue weighted by atomic mass is 9.38. The van der Waals surface area contributed by atoms with Gasteiger partial charge in [0.05, 0.1) is 5.56 Å². The van der Waals surface area contributed by atoms with Crippen molar-refractivity contribution >= 4 is 0 Å². The molecule has 4 aliphatic carbocycles. The van der Waals surface area contributed by atoms with Crippen LogP contribution in [0.3, 0.4) is 0 Å². The molecule has 5 rings (SSSR count). The van der Waals surface area contributed by atoms with Crippen LogP contribution in [0.2, 0.25) is 0 Å². The smallest absolute Gasteiger partial charge is 0.166 e. The summed E-state index contributed by atoms with van der Waals surface area (Å²) < 4.78 is 38.7. The van der Waals surface area contributed by atoms with Gasteiger partial charge in [-0.05, 0) is 84.3 Å². The Hall–Kier alpha value is -0.990. The van der Waals surface area contributed by atoms with Gasteiger partial charge in [-0.1, -0.05) is 32.9 Å². The van der Waals surface area contributed by atoms with Gasteiger partial charge in [0.1, 0.15) is 0 Å². The largest absolute Gasteiger partial charge is 0.416 e. The second kappa shape index (κ2) is 5.02. The molecule has 0 radical (unpaired) electrons. The van der Waals surface area contributed by atoms with E-state index in [9.17, 15) is 13.2 Å². The third kappa shape index (κ3) is 2.34. The Bertz CT molecular complexity index is 606. The second-order valence-corrected chi connectivity index (χ2v) is 9.61. The summed E-state index contributed by atoms with van der Waals surface area (Å²) in [6, 6.07) is 6.11. The predicted molar refractivity (Wildman–Crippen MR) is 89.6 cm³/mol. The molecule has 0 spiro atoms. The molecule has 0 aliphatic heterocycles. The van der Waals surface area contributed by atoms with Crippen LogP contribution in [0.25, 0.3) is 0 Å². The van der Waals surface area contributed by atoms with Crippen molar-refractivity contribution < 1.29 is 13.2 Å². The van der Waals surface area contributed by atoms with Crippen molar-refractivity contribution in [1.29, 1.82) is 0 Å². The van der Waals surface area contributed by atoms with Gasteiger partial charge >= 0.3 is 6.18 Å². The summed E-state index contributed by atoms with van der Waals surface area (Å²) in [5.41, 5.74) is 1.05. The monoisotopic (exact) mass is 336 g/mol. The van der Waals surface area contributed by atoms with Gasteiger partial charge in [-0.3, -0.25) is 0 Å². The van der Waals surface area contributed by atoms with E-state index in [1.165, 1.54) is 44.2 Å². The van der Waals surface area contributed by atoms with Crippen molar-refractivity contribution in [3.05, 3.63) is 35.4 Å². The topological polar surface area (TPSA) is 0 Å². The van der Waals surface area contributed by atoms with Gasteiger partial charge in [0, 0.05) is 0 Å². The van der Waals surface area contributed by atoms with Gasteiger partial charge in [0.2, 0.25) is 0 Å². The first-order valence-corrected chi connectivity index (χ1v) is 9.27. The molecule has 4 fully saturated rings. The minimum atomic E-state index is -4.25. The van der Waals surface area contributed by atoms with E-state index in [1.54, 1.807) is 12.1 Å². The Morgan fingerprint density at radius 1 is 0.875 bits per heavy atom. The maximum atomic E-state index is 12.9. The van der Waals surface area contributed by atoms with E-state index in [0.29, 0.717) is 11.8 Å². The average Bonchev–Trinajstić information content (AvgIpc) is 2.44. The summed E-state index contributed by atoms with van der Waals surface area (Å²) in [6.45, 7) is 7.03. The highest BCUT2D eigenvalue weighted by atomic mass is 19.4. The molecule has 3 heteroatoms. The fourth-order valence-corrected chi connectivity index (χ4v) is 6.59. The molecule has 0 aromatic heterocycles. The summed E-state index contributed by atoms with van der Waals surface area (Å²) >= 11 is 0. The number of benzene rings is 1. The summed E-state index contributed by atoms with van der Waals surface area (Å²) in [5.74, 6) is 2.76. The van der Waals surface area contributed by atoms with Crippen molar-refractivity contribution in [3.63, 3.8) is 0 Å². The zero-order valence-electron chi connectivity index (χ0n) is 14.8. The SMILES string of the molecule is CC(C)(C)C12C[C@@H]3CC(C[C@@H](C3)C1)C2c1ccc(C(F)(F)F)cc1. The summed E-state index contributed by atoms with van der Waals surface area (Å²) in [6.07, 6.45) is 2.21. The van der Waals surface area contributed by atoms with Gasteiger partial charge in [-0.2, -0.15) is 13.2 Å². The molecule has 4 saturated carbocycles. The lowest BCUT2D eigenvalue weighted by molar-refractivity contribution is -0.138. The maximum absolute atomic E-state index is 12.9. The molecule has 0 amide bonds. The van der Waals surface area contributed by atoms with Crippen LogP contribution >= 0.6 is 0 Å². The van der Waals surface area contributed by atoms with Crippen LogP contribution in [-0.2, 0) is 6.18 Å². The van der Waals surface area contributed by atoms with E-state index in [4.69, 9.17) is 0 Å². The van der Waals surface area contributed by atoms with Gasteiger partial charge < -0.3 is 0 Å². The first-order chi connectivity index (χ1) is 11.1. The van der Waals surface area contributed by atoms with Crippen LogP contribution in [-0.4, -0.2) is 0 Å². The number of hydrogen-bond donors (Lipinski definition) is 0. The molecule has 132 valence electrons. The Morgan fingerprint density at radius 2 is 1.42 bits per heavy atom. The van der Waals surface area contributed by atoms with Crippen LogP contribution < -0.4 is 0 Å². The molecule has 1 aromatic rings. The molecular formula is C21H27F3. The van der Waals surface area contributed by atoms with Gasteiger partial charge in [0.15, 0.2) is 0 Å². The van der Waals surface area contributed by atoms with Crippen molar-refractivity contribution in [1.82, 2.24) is 0 Å². The third-order valence-electron chi connectivity index (χ3n) is 7.40. The van der Waals surface area contributed by atoms with Gasteiger partial charge in [-0.15, -0.1) is 0 Å². The summed E-state index contributed by atoms with van der Waals surface area (Å²) in [4.78, 5) is 0. The normalized spacial score (nSPS) is 38.6. The highest BCUT2D eigenvalue weighted by Crippen LogP contribution is 2.71. The van der Waals surface area contributed by atoms with Crippen molar-refractivity contribution in [2.24, 2.45) is 28.6 Å². The minimum Gasteiger partial charge on any atom is -0.166 e. The molecule has 1 aromatic carbocycles. The van der Waals surface area contributed by atoms with Crippen LogP contribution in [0.15, 0.2) is 24.3 Å². The first-order valence-electron chi connectivity index (χ1n) is 9.27. The Balaban J connectivity index is 1.75. The molecule has 4 bridgehead atoms.